The maximum Gasteiger partial charge on any atom is 0.243 e. The van der Waals surface area contributed by atoms with Gasteiger partial charge in [-0.15, -0.1) is 0 Å². The highest BCUT2D eigenvalue weighted by Crippen LogP contribution is 2.28. The summed E-state index contributed by atoms with van der Waals surface area (Å²) in [6.45, 7) is 3.91. The summed E-state index contributed by atoms with van der Waals surface area (Å²) in [5.41, 5.74) is -0.484. The first-order valence-electron chi connectivity index (χ1n) is 10.9. The maximum atomic E-state index is 13.1. The molecule has 2 aliphatic rings. The number of sulfonamides is 1. The average molecular weight is 464 g/mol. The van der Waals surface area contributed by atoms with Crippen LogP contribution in [0.25, 0.3) is 0 Å². The van der Waals surface area contributed by atoms with Crippen molar-refractivity contribution in [3.63, 3.8) is 0 Å². The van der Waals surface area contributed by atoms with Crippen molar-refractivity contribution in [3.8, 4) is 0 Å². The second-order valence-corrected chi connectivity index (χ2v) is 10.7. The first-order valence-corrected chi connectivity index (χ1v) is 12.4. The molecule has 4 rings (SSSR count). The van der Waals surface area contributed by atoms with E-state index >= 15 is 0 Å². The fraction of sp³-hybridized carbons (Fsp3) is 0.478. The predicted molar refractivity (Wildman–Crippen MR) is 119 cm³/mol. The summed E-state index contributed by atoms with van der Waals surface area (Å²) in [5, 5.41) is 21.8. The Morgan fingerprint density at radius 1 is 0.938 bits per heavy atom. The molecule has 0 unspecified atom stereocenters. The Labute approximate surface area is 188 Å². The summed E-state index contributed by atoms with van der Waals surface area (Å²) in [6.07, 6.45) is -0.797. The highest BCUT2D eigenvalue weighted by atomic mass is 32.2. The number of aliphatic hydroxyl groups is 2. The van der Waals surface area contributed by atoms with E-state index in [1.165, 1.54) is 16.4 Å². The van der Waals surface area contributed by atoms with E-state index < -0.39 is 21.7 Å². The van der Waals surface area contributed by atoms with Crippen LogP contribution in [0.2, 0.25) is 0 Å². The summed E-state index contributed by atoms with van der Waals surface area (Å²) in [7, 11) is -3.73. The number of hydrogen-bond donors (Lipinski definition) is 2. The minimum Gasteiger partial charge on any atom is -0.390 e. The van der Waals surface area contributed by atoms with Crippen molar-refractivity contribution in [1.82, 2.24) is 14.1 Å². The van der Waals surface area contributed by atoms with Gasteiger partial charge in [0, 0.05) is 52.4 Å². The molecule has 0 radical (unpaired) electrons. The van der Waals surface area contributed by atoms with Crippen molar-refractivity contribution >= 4 is 10.0 Å². The third kappa shape index (κ3) is 5.19. The number of rotatable bonds is 6. The van der Waals surface area contributed by atoms with Gasteiger partial charge in [-0.25, -0.2) is 12.8 Å². The van der Waals surface area contributed by atoms with Crippen molar-refractivity contribution < 1.29 is 23.0 Å². The highest BCUT2D eigenvalue weighted by molar-refractivity contribution is 7.89. The molecule has 0 aromatic heterocycles. The van der Waals surface area contributed by atoms with Gasteiger partial charge in [-0.05, 0) is 36.2 Å². The van der Waals surface area contributed by atoms with Crippen LogP contribution in [0.1, 0.15) is 12.0 Å². The van der Waals surface area contributed by atoms with Gasteiger partial charge in [0.2, 0.25) is 10.0 Å². The van der Waals surface area contributed by atoms with Crippen LogP contribution in [-0.4, -0.2) is 90.3 Å². The standard InChI is InChI=1S/C23H30FN3O4S/c24-20-8-6-19(7-9-20)16-25-12-14-26(15-13-25)17-23(29)18-27(11-10-22(23)28)32(30,31)21-4-2-1-3-5-21/h1-9,22,28-29H,10-18H2/t22-,23+/m1/s1. The van der Waals surface area contributed by atoms with Crippen molar-refractivity contribution in [2.75, 3.05) is 45.8 Å². The van der Waals surface area contributed by atoms with Crippen LogP contribution in [-0.2, 0) is 16.6 Å². The highest BCUT2D eigenvalue weighted by Gasteiger charge is 2.46. The number of β-amino-alcohol motifs (C(OH)–C–C–N with tert-alkyl or cyclic N) is 1. The Morgan fingerprint density at radius 2 is 1.56 bits per heavy atom. The predicted octanol–water partition coefficient (Wildman–Crippen LogP) is 1.13. The summed E-state index contributed by atoms with van der Waals surface area (Å²) in [5.74, 6) is -0.249. The van der Waals surface area contributed by atoms with E-state index in [9.17, 15) is 23.0 Å². The number of benzene rings is 2. The van der Waals surface area contributed by atoms with Gasteiger partial charge in [0.05, 0.1) is 11.0 Å². The second-order valence-electron chi connectivity index (χ2n) is 8.74. The largest absolute Gasteiger partial charge is 0.390 e. The molecular formula is C23H30FN3O4S. The van der Waals surface area contributed by atoms with Crippen LogP contribution < -0.4 is 0 Å². The van der Waals surface area contributed by atoms with Gasteiger partial charge in [0.15, 0.2) is 0 Å². The topological polar surface area (TPSA) is 84.3 Å². The molecule has 2 aliphatic heterocycles. The summed E-state index contributed by atoms with van der Waals surface area (Å²) >= 11 is 0. The quantitative estimate of drug-likeness (QED) is 0.668. The lowest BCUT2D eigenvalue weighted by atomic mass is 9.90. The zero-order valence-electron chi connectivity index (χ0n) is 18.0. The Bertz CT molecular complexity index is 998. The lowest BCUT2D eigenvalue weighted by molar-refractivity contribution is -0.123. The van der Waals surface area contributed by atoms with Gasteiger partial charge in [-0.2, -0.15) is 4.31 Å². The Balaban J connectivity index is 1.36. The molecule has 0 spiro atoms. The molecule has 2 N–H and O–H groups in total. The van der Waals surface area contributed by atoms with Gasteiger partial charge >= 0.3 is 0 Å². The lowest BCUT2D eigenvalue weighted by Crippen LogP contribution is -2.64. The van der Waals surface area contributed by atoms with Crippen LogP contribution in [0, 0.1) is 5.82 Å². The SMILES string of the molecule is O=S(=O)(c1ccccc1)N1CC[C@@H](O)[C@](O)(CN2CCN(Cc3ccc(F)cc3)CC2)C1. The molecule has 0 aliphatic carbocycles. The van der Waals surface area contributed by atoms with E-state index in [2.05, 4.69) is 9.80 Å². The van der Waals surface area contributed by atoms with E-state index in [4.69, 9.17) is 0 Å². The fourth-order valence-electron chi connectivity index (χ4n) is 4.47. The number of piperazine rings is 1. The van der Waals surface area contributed by atoms with E-state index in [0.717, 1.165) is 25.2 Å². The number of piperidine rings is 1. The van der Waals surface area contributed by atoms with Crippen LogP contribution in [0.5, 0.6) is 0 Å². The Kier molecular flexibility index (Phi) is 6.94. The molecule has 0 saturated carbocycles. The molecule has 7 nitrogen and oxygen atoms in total. The van der Waals surface area contributed by atoms with Crippen LogP contribution in [0.3, 0.4) is 0 Å². The number of nitrogens with zero attached hydrogens (tertiary/aromatic N) is 3. The molecule has 2 saturated heterocycles. The van der Waals surface area contributed by atoms with E-state index in [1.807, 2.05) is 0 Å². The van der Waals surface area contributed by atoms with Crippen molar-refractivity contribution in [2.45, 2.75) is 29.6 Å². The molecule has 9 heteroatoms. The normalized spacial score (nSPS) is 26.3. The fourth-order valence-corrected chi connectivity index (χ4v) is 6.01. The van der Waals surface area contributed by atoms with E-state index in [1.54, 1.807) is 42.5 Å². The maximum absolute atomic E-state index is 13.1. The van der Waals surface area contributed by atoms with Gasteiger partial charge in [-0.1, -0.05) is 30.3 Å². The molecule has 32 heavy (non-hydrogen) atoms. The molecule has 174 valence electrons. The first-order chi connectivity index (χ1) is 15.3. The van der Waals surface area contributed by atoms with Gasteiger partial charge in [0.1, 0.15) is 11.4 Å². The molecule has 2 atom stereocenters. The van der Waals surface area contributed by atoms with Crippen molar-refractivity contribution in [3.05, 3.63) is 66.0 Å². The summed E-state index contributed by atoms with van der Waals surface area (Å²) in [4.78, 5) is 4.52. The molecular weight excluding hydrogens is 433 g/mol. The van der Waals surface area contributed by atoms with Gasteiger partial charge in [0.25, 0.3) is 0 Å². The van der Waals surface area contributed by atoms with E-state index in [-0.39, 0.29) is 36.8 Å². The van der Waals surface area contributed by atoms with Crippen LogP contribution in [0.4, 0.5) is 4.39 Å². The van der Waals surface area contributed by atoms with Crippen LogP contribution in [0.15, 0.2) is 59.5 Å². The third-order valence-corrected chi connectivity index (χ3v) is 8.24. The number of aliphatic hydroxyl groups excluding tert-OH is 1. The second kappa shape index (κ2) is 9.54. The summed E-state index contributed by atoms with van der Waals surface area (Å²) < 4.78 is 40.4. The molecule has 0 amide bonds. The van der Waals surface area contributed by atoms with E-state index in [0.29, 0.717) is 13.1 Å². The van der Waals surface area contributed by atoms with Gasteiger partial charge < -0.3 is 10.2 Å². The Hall–Kier alpha value is -1.88. The van der Waals surface area contributed by atoms with Crippen molar-refractivity contribution in [1.29, 1.82) is 0 Å². The monoisotopic (exact) mass is 463 g/mol. The lowest BCUT2D eigenvalue weighted by Gasteiger charge is -2.45. The molecule has 2 fully saturated rings. The smallest absolute Gasteiger partial charge is 0.243 e. The average Bonchev–Trinajstić information content (AvgIpc) is 2.79. The zero-order valence-corrected chi connectivity index (χ0v) is 18.8. The minimum absolute atomic E-state index is 0.138. The zero-order chi connectivity index (χ0) is 22.8. The summed E-state index contributed by atoms with van der Waals surface area (Å²) in [6, 6.07) is 14.7. The first kappa shape index (κ1) is 23.3. The number of hydrogen-bond acceptors (Lipinski definition) is 6. The molecule has 2 aromatic carbocycles. The molecule has 2 aromatic rings. The van der Waals surface area contributed by atoms with Crippen LogP contribution >= 0.6 is 0 Å². The third-order valence-electron chi connectivity index (χ3n) is 6.39. The Morgan fingerprint density at radius 3 is 2.22 bits per heavy atom. The van der Waals surface area contributed by atoms with Crippen molar-refractivity contribution in [2.24, 2.45) is 0 Å². The van der Waals surface area contributed by atoms with Gasteiger partial charge in [-0.3, -0.25) is 9.80 Å². The molecule has 2 heterocycles. The molecule has 0 bridgehead atoms. The number of halogens is 1. The minimum atomic E-state index is -3.73.